The number of halogens is 1. The molecule has 0 spiro atoms. The summed E-state index contributed by atoms with van der Waals surface area (Å²) in [5.41, 5.74) is 6.16. The predicted molar refractivity (Wildman–Crippen MR) is 82.9 cm³/mol. The Morgan fingerprint density at radius 1 is 1.16 bits per heavy atom. The van der Waals surface area contributed by atoms with Crippen LogP contribution < -0.4 is 11.3 Å². The second kappa shape index (κ2) is 5.38. The Morgan fingerprint density at radius 3 is 2.79 bits per heavy atom. The molecule has 2 heterocycles. The molecule has 3 aromatic rings. The van der Waals surface area contributed by atoms with E-state index in [1.807, 2.05) is 18.2 Å². The number of nitrogens with two attached hydrogens (primary N) is 1. The number of nitrogens with one attached hydrogen (secondary N) is 1. The zero-order chi connectivity index (χ0) is 13.2. The number of hydrogen-bond acceptors (Lipinski definition) is 4. The maximum atomic E-state index is 5.77. The summed E-state index contributed by atoms with van der Waals surface area (Å²) in [6.45, 7) is 0. The fourth-order valence-electron chi connectivity index (χ4n) is 2.22. The lowest BCUT2D eigenvalue weighted by Gasteiger charge is -2.18. The van der Waals surface area contributed by atoms with Gasteiger partial charge in [-0.2, -0.15) is 11.3 Å². The molecule has 1 aromatic carbocycles. The van der Waals surface area contributed by atoms with E-state index >= 15 is 0 Å². The highest BCUT2D eigenvalue weighted by Crippen LogP contribution is 2.33. The molecule has 0 radical (unpaired) electrons. The van der Waals surface area contributed by atoms with Crippen molar-refractivity contribution >= 4 is 38.2 Å². The van der Waals surface area contributed by atoms with E-state index in [2.05, 4.69) is 49.2 Å². The van der Waals surface area contributed by atoms with Crippen molar-refractivity contribution in [3.8, 4) is 0 Å². The van der Waals surface area contributed by atoms with Gasteiger partial charge in [0.05, 0.1) is 11.6 Å². The Balaban J connectivity index is 2.20. The van der Waals surface area contributed by atoms with Crippen molar-refractivity contribution in [2.24, 2.45) is 5.84 Å². The van der Waals surface area contributed by atoms with Crippen LogP contribution in [0.2, 0.25) is 0 Å². The molecule has 0 aliphatic rings. The average molecular weight is 334 g/mol. The second-order valence-electron chi connectivity index (χ2n) is 4.19. The molecular formula is C14H12BrN3S. The summed E-state index contributed by atoms with van der Waals surface area (Å²) >= 11 is 5.22. The van der Waals surface area contributed by atoms with Crippen molar-refractivity contribution in [2.75, 3.05) is 0 Å². The Hall–Kier alpha value is -1.27. The number of fused-ring (bicyclic) bond motifs is 1. The van der Waals surface area contributed by atoms with Crippen LogP contribution in [0.15, 0.2) is 51.8 Å². The smallest absolute Gasteiger partial charge is 0.0735 e. The Labute approximate surface area is 123 Å². The molecule has 3 rings (SSSR count). The molecular weight excluding hydrogens is 322 g/mol. The van der Waals surface area contributed by atoms with Crippen molar-refractivity contribution in [1.29, 1.82) is 0 Å². The van der Waals surface area contributed by atoms with Gasteiger partial charge in [-0.25, -0.2) is 5.43 Å². The van der Waals surface area contributed by atoms with Crippen LogP contribution in [-0.4, -0.2) is 4.98 Å². The van der Waals surface area contributed by atoms with E-state index in [9.17, 15) is 0 Å². The fourth-order valence-corrected chi connectivity index (χ4v) is 3.78. The highest BCUT2D eigenvalue weighted by Gasteiger charge is 2.18. The van der Waals surface area contributed by atoms with Gasteiger partial charge in [-0.05, 0) is 44.6 Å². The van der Waals surface area contributed by atoms with Crippen LogP contribution in [0.3, 0.4) is 0 Å². The number of rotatable bonds is 3. The molecule has 3 N–H and O–H groups in total. The van der Waals surface area contributed by atoms with Crippen LogP contribution in [0.4, 0.5) is 0 Å². The SMILES string of the molecule is NNC(c1cscc1Br)c1cccc2ncccc12. The van der Waals surface area contributed by atoms with E-state index in [0.29, 0.717) is 0 Å². The van der Waals surface area contributed by atoms with Crippen molar-refractivity contribution < 1.29 is 0 Å². The van der Waals surface area contributed by atoms with Crippen LogP contribution in [0, 0.1) is 0 Å². The summed E-state index contributed by atoms with van der Waals surface area (Å²) in [5, 5.41) is 5.28. The summed E-state index contributed by atoms with van der Waals surface area (Å²) in [6, 6.07) is 10.1. The third-order valence-corrected chi connectivity index (χ3v) is 4.86. The molecule has 0 aliphatic heterocycles. The van der Waals surface area contributed by atoms with Crippen molar-refractivity contribution in [3.05, 3.63) is 62.9 Å². The Bertz CT molecular complexity index is 705. The van der Waals surface area contributed by atoms with E-state index < -0.39 is 0 Å². The lowest BCUT2D eigenvalue weighted by molar-refractivity contribution is 0.640. The minimum absolute atomic E-state index is 0.0477. The molecule has 0 saturated heterocycles. The fraction of sp³-hybridized carbons (Fsp3) is 0.0714. The Kier molecular flexibility index (Phi) is 3.61. The molecule has 19 heavy (non-hydrogen) atoms. The first-order valence-corrected chi connectivity index (χ1v) is 7.56. The monoisotopic (exact) mass is 333 g/mol. The van der Waals surface area contributed by atoms with Gasteiger partial charge in [-0.3, -0.25) is 10.8 Å². The molecule has 1 atom stereocenters. The van der Waals surface area contributed by atoms with Crippen LogP contribution in [0.5, 0.6) is 0 Å². The normalized spacial score (nSPS) is 12.7. The van der Waals surface area contributed by atoms with Gasteiger partial charge in [0.15, 0.2) is 0 Å². The zero-order valence-electron chi connectivity index (χ0n) is 10.0. The average Bonchev–Trinajstić information content (AvgIpc) is 2.86. The Morgan fingerprint density at radius 2 is 2.05 bits per heavy atom. The summed E-state index contributed by atoms with van der Waals surface area (Å²) < 4.78 is 1.07. The third kappa shape index (κ3) is 2.30. The summed E-state index contributed by atoms with van der Waals surface area (Å²) in [5.74, 6) is 5.77. The maximum Gasteiger partial charge on any atom is 0.0735 e. The quantitative estimate of drug-likeness (QED) is 0.568. The molecule has 0 saturated carbocycles. The second-order valence-corrected chi connectivity index (χ2v) is 5.79. The summed E-state index contributed by atoms with van der Waals surface area (Å²) in [6.07, 6.45) is 1.80. The van der Waals surface area contributed by atoms with Gasteiger partial charge in [-0.15, -0.1) is 0 Å². The van der Waals surface area contributed by atoms with Gasteiger partial charge >= 0.3 is 0 Å². The first-order chi connectivity index (χ1) is 9.31. The van der Waals surface area contributed by atoms with Crippen molar-refractivity contribution in [3.63, 3.8) is 0 Å². The third-order valence-electron chi connectivity index (χ3n) is 3.11. The maximum absolute atomic E-state index is 5.77. The molecule has 0 amide bonds. The number of hydrazine groups is 1. The molecule has 0 bridgehead atoms. The summed E-state index contributed by atoms with van der Waals surface area (Å²) in [7, 11) is 0. The zero-order valence-corrected chi connectivity index (χ0v) is 12.4. The summed E-state index contributed by atoms with van der Waals surface area (Å²) in [4.78, 5) is 4.38. The molecule has 5 heteroatoms. The van der Waals surface area contributed by atoms with Crippen LogP contribution in [0.1, 0.15) is 17.2 Å². The number of thiophene rings is 1. The van der Waals surface area contributed by atoms with Crippen LogP contribution >= 0.6 is 27.3 Å². The minimum atomic E-state index is -0.0477. The molecule has 96 valence electrons. The number of hydrogen-bond donors (Lipinski definition) is 2. The van der Waals surface area contributed by atoms with E-state index in [4.69, 9.17) is 5.84 Å². The molecule has 3 nitrogen and oxygen atoms in total. The molecule has 2 aromatic heterocycles. The van der Waals surface area contributed by atoms with E-state index in [1.54, 1.807) is 17.5 Å². The van der Waals surface area contributed by atoms with Gasteiger partial charge in [0, 0.05) is 21.4 Å². The lowest BCUT2D eigenvalue weighted by Crippen LogP contribution is -2.28. The predicted octanol–water partition coefficient (Wildman–Crippen LogP) is 3.61. The van der Waals surface area contributed by atoms with Gasteiger partial charge < -0.3 is 0 Å². The number of pyridine rings is 1. The van der Waals surface area contributed by atoms with Crippen LogP contribution in [0.25, 0.3) is 10.9 Å². The first kappa shape index (κ1) is 12.7. The molecule has 0 aliphatic carbocycles. The van der Waals surface area contributed by atoms with Gasteiger partial charge in [0.25, 0.3) is 0 Å². The van der Waals surface area contributed by atoms with Gasteiger partial charge in [-0.1, -0.05) is 18.2 Å². The standard InChI is InChI=1S/C14H12BrN3S/c15-12-8-19-7-11(12)14(18-16)10-3-1-5-13-9(10)4-2-6-17-13/h1-8,14,18H,16H2. The molecule has 0 fully saturated rings. The van der Waals surface area contributed by atoms with E-state index in [0.717, 1.165) is 26.5 Å². The minimum Gasteiger partial charge on any atom is -0.271 e. The lowest BCUT2D eigenvalue weighted by atomic mass is 9.97. The van der Waals surface area contributed by atoms with Crippen molar-refractivity contribution in [2.45, 2.75) is 6.04 Å². The van der Waals surface area contributed by atoms with E-state index in [1.165, 1.54) is 0 Å². The van der Waals surface area contributed by atoms with Gasteiger partial charge in [0.2, 0.25) is 0 Å². The first-order valence-electron chi connectivity index (χ1n) is 5.82. The largest absolute Gasteiger partial charge is 0.271 e. The van der Waals surface area contributed by atoms with Crippen LogP contribution in [-0.2, 0) is 0 Å². The van der Waals surface area contributed by atoms with E-state index in [-0.39, 0.29) is 6.04 Å². The van der Waals surface area contributed by atoms with Gasteiger partial charge in [0.1, 0.15) is 0 Å². The number of benzene rings is 1. The highest BCUT2D eigenvalue weighted by atomic mass is 79.9. The highest BCUT2D eigenvalue weighted by molar-refractivity contribution is 9.10. The van der Waals surface area contributed by atoms with Crippen molar-refractivity contribution in [1.82, 2.24) is 10.4 Å². The topological polar surface area (TPSA) is 50.9 Å². The molecule has 1 unspecified atom stereocenters. The number of aromatic nitrogens is 1. The number of nitrogens with zero attached hydrogens (tertiary/aromatic N) is 1.